The van der Waals surface area contributed by atoms with Crippen molar-refractivity contribution in [1.29, 1.82) is 0 Å². The molecule has 2 aliphatic heterocycles. The first kappa shape index (κ1) is 16.0. The Hall–Kier alpha value is -2.54. The predicted molar refractivity (Wildman–Crippen MR) is 85.6 cm³/mol. The van der Waals surface area contributed by atoms with Crippen molar-refractivity contribution in [3.63, 3.8) is 0 Å². The second-order valence-electron chi connectivity index (χ2n) is 6.17. The van der Waals surface area contributed by atoms with E-state index in [9.17, 15) is 18.0 Å². The molecular formula is C18H15F3N2O2. The Bertz CT molecular complexity index is 881. The van der Waals surface area contributed by atoms with E-state index in [0.29, 0.717) is 11.3 Å². The molecule has 0 bridgehead atoms. The van der Waals surface area contributed by atoms with Gasteiger partial charge in [0.25, 0.3) is 5.91 Å². The number of anilines is 1. The Kier molecular flexibility index (Phi) is 3.18. The van der Waals surface area contributed by atoms with Crippen LogP contribution >= 0.6 is 0 Å². The summed E-state index contributed by atoms with van der Waals surface area (Å²) in [5, 5.41) is 2.59. The minimum atomic E-state index is -4.54. The van der Waals surface area contributed by atoms with Crippen LogP contribution in [0.2, 0.25) is 0 Å². The van der Waals surface area contributed by atoms with Gasteiger partial charge in [-0.1, -0.05) is 30.3 Å². The normalized spacial score (nSPS) is 24.6. The van der Waals surface area contributed by atoms with Crippen LogP contribution in [0.5, 0.6) is 5.75 Å². The number of halogens is 3. The maximum Gasteiger partial charge on any atom is 0.407 e. The summed E-state index contributed by atoms with van der Waals surface area (Å²) in [4.78, 5) is 14.5. The molecule has 2 aliphatic rings. The van der Waals surface area contributed by atoms with Crippen molar-refractivity contribution in [2.24, 2.45) is 0 Å². The van der Waals surface area contributed by atoms with Crippen LogP contribution < -0.4 is 15.0 Å². The number of ether oxygens (including phenoxy) is 1. The maximum atomic E-state index is 13.7. The first-order chi connectivity index (χ1) is 11.8. The zero-order chi connectivity index (χ0) is 18.0. The van der Waals surface area contributed by atoms with Crippen LogP contribution in [0.1, 0.15) is 22.7 Å². The number of fused-ring (bicyclic) bond motifs is 4. The van der Waals surface area contributed by atoms with E-state index in [-0.39, 0.29) is 16.9 Å². The number of nitrogens with one attached hydrogen (secondary N) is 1. The third-order valence-corrected chi connectivity index (χ3v) is 4.95. The summed E-state index contributed by atoms with van der Waals surface area (Å²) < 4.78 is 46.4. The lowest BCUT2D eigenvalue weighted by atomic mass is 9.84. The van der Waals surface area contributed by atoms with E-state index < -0.39 is 23.7 Å². The third kappa shape index (κ3) is 1.90. The smallest absolute Gasteiger partial charge is 0.407 e. The number of hydrogen-bond acceptors (Lipinski definition) is 3. The van der Waals surface area contributed by atoms with Gasteiger partial charge in [0, 0.05) is 23.9 Å². The third-order valence-electron chi connectivity index (χ3n) is 4.95. The number of carbonyl (C=O) groups is 1. The highest BCUT2D eigenvalue weighted by atomic mass is 19.4. The highest BCUT2D eigenvalue weighted by molar-refractivity contribution is 6.11. The Morgan fingerprint density at radius 1 is 1.16 bits per heavy atom. The Labute approximate surface area is 142 Å². The van der Waals surface area contributed by atoms with Crippen LogP contribution in [0.3, 0.4) is 0 Å². The van der Waals surface area contributed by atoms with Crippen molar-refractivity contribution < 1.29 is 22.7 Å². The molecule has 130 valence electrons. The lowest BCUT2D eigenvalue weighted by Crippen LogP contribution is -2.49. The number of methoxy groups -OCH3 is 1. The summed E-state index contributed by atoms with van der Waals surface area (Å²) >= 11 is 0. The van der Waals surface area contributed by atoms with Crippen LogP contribution in [0.25, 0.3) is 0 Å². The largest absolute Gasteiger partial charge is 0.496 e. The SMILES string of the molecule is COc1cccc2c1C1(NC2C(F)(F)F)C(=O)N(C)c2ccccc21. The molecule has 2 heterocycles. The Morgan fingerprint density at radius 3 is 2.56 bits per heavy atom. The summed E-state index contributed by atoms with van der Waals surface area (Å²) in [6, 6.07) is 9.40. The molecule has 0 radical (unpaired) electrons. The van der Waals surface area contributed by atoms with Gasteiger partial charge in [-0.05, 0) is 17.7 Å². The number of para-hydroxylation sites is 1. The van der Waals surface area contributed by atoms with E-state index in [1.807, 2.05) is 0 Å². The second-order valence-corrected chi connectivity index (χ2v) is 6.17. The van der Waals surface area contributed by atoms with Crippen molar-refractivity contribution in [2.45, 2.75) is 17.8 Å². The average Bonchev–Trinajstić information content (AvgIpc) is 3.06. The number of carbonyl (C=O) groups excluding carboxylic acids is 1. The van der Waals surface area contributed by atoms with E-state index >= 15 is 0 Å². The summed E-state index contributed by atoms with van der Waals surface area (Å²) in [5.41, 5.74) is -0.264. The number of likely N-dealkylation sites (N-methyl/N-ethyl adjacent to an activating group) is 1. The van der Waals surface area contributed by atoms with Gasteiger partial charge in [0.05, 0.1) is 7.11 Å². The number of rotatable bonds is 1. The van der Waals surface area contributed by atoms with Gasteiger partial charge in [-0.2, -0.15) is 13.2 Å². The quantitative estimate of drug-likeness (QED) is 0.861. The van der Waals surface area contributed by atoms with Crippen molar-refractivity contribution in [1.82, 2.24) is 5.32 Å². The molecule has 0 aromatic heterocycles. The minimum Gasteiger partial charge on any atom is -0.496 e. The molecule has 7 heteroatoms. The van der Waals surface area contributed by atoms with E-state index in [2.05, 4.69) is 5.32 Å². The molecule has 1 amide bonds. The average molecular weight is 348 g/mol. The molecule has 4 nitrogen and oxygen atoms in total. The molecule has 2 atom stereocenters. The van der Waals surface area contributed by atoms with E-state index in [0.717, 1.165) is 0 Å². The van der Waals surface area contributed by atoms with E-state index in [1.54, 1.807) is 37.4 Å². The van der Waals surface area contributed by atoms with Gasteiger partial charge in [0.15, 0.2) is 5.54 Å². The van der Waals surface area contributed by atoms with Gasteiger partial charge < -0.3 is 9.64 Å². The summed E-state index contributed by atoms with van der Waals surface area (Å²) in [6.07, 6.45) is -4.54. The van der Waals surface area contributed by atoms with Gasteiger partial charge in [-0.25, -0.2) is 0 Å². The topological polar surface area (TPSA) is 41.6 Å². The molecule has 2 aromatic carbocycles. The van der Waals surface area contributed by atoms with Gasteiger partial charge in [-0.3, -0.25) is 10.1 Å². The minimum absolute atomic E-state index is 0.0188. The van der Waals surface area contributed by atoms with Crippen molar-refractivity contribution in [3.8, 4) is 5.75 Å². The fourth-order valence-electron chi connectivity index (χ4n) is 3.93. The molecule has 4 rings (SSSR count). The van der Waals surface area contributed by atoms with Crippen LogP contribution in [0, 0.1) is 0 Å². The number of alkyl halides is 3. The number of benzene rings is 2. The molecule has 1 spiro atoms. The zero-order valence-corrected chi connectivity index (χ0v) is 13.5. The molecular weight excluding hydrogens is 333 g/mol. The first-order valence-corrected chi connectivity index (χ1v) is 7.72. The molecule has 0 saturated heterocycles. The molecule has 0 saturated carbocycles. The van der Waals surface area contributed by atoms with Crippen LogP contribution in [0.4, 0.5) is 18.9 Å². The van der Waals surface area contributed by atoms with Gasteiger partial charge in [0.1, 0.15) is 11.8 Å². The van der Waals surface area contributed by atoms with Crippen molar-refractivity contribution >= 4 is 11.6 Å². The molecule has 1 N–H and O–H groups in total. The second kappa shape index (κ2) is 4.98. The monoisotopic (exact) mass is 348 g/mol. The molecule has 2 aromatic rings. The molecule has 0 fully saturated rings. The first-order valence-electron chi connectivity index (χ1n) is 7.72. The van der Waals surface area contributed by atoms with Gasteiger partial charge in [0.2, 0.25) is 0 Å². The van der Waals surface area contributed by atoms with E-state index in [1.165, 1.54) is 24.1 Å². The molecule has 0 aliphatic carbocycles. The number of hydrogen-bond donors (Lipinski definition) is 1. The molecule has 2 unspecified atom stereocenters. The predicted octanol–water partition coefficient (Wildman–Crippen LogP) is 3.12. The zero-order valence-electron chi connectivity index (χ0n) is 13.5. The number of nitrogens with zero attached hydrogens (tertiary/aromatic N) is 1. The Balaban J connectivity index is 2.07. The summed E-state index contributed by atoms with van der Waals surface area (Å²) in [5.74, 6) is -0.193. The van der Waals surface area contributed by atoms with Crippen LogP contribution in [0.15, 0.2) is 42.5 Å². The highest BCUT2D eigenvalue weighted by Crippen LogP contribution is 2.55. The van der Waals surface area contributed by atoms with Crippen molar-refractivity contribution in [2.75, 3.05) is 19.1 Å². The van der Waals surface area contributed by atoms with E-state index in [4.69, 9.17) is 4.74 Å². The van der Waals surface area contributed by atoms with Crippen LogP contribution in [-0.4, -0.2) is 26.2 Å². The lowest BCUT2D eigenvalue weighted by molar-refractivity contribution is -0.159. The van der Waals surface area contributed by atoms with Gasteiger partial charge >= 0.3 is 6.18 Å². The van der Waals surface area contributed by atoms with Crippen LogP contribution in [-0.2, 0) is 10.3 Å². The number of amides is 1. The maximum absolute atomic E-state index is 13.7. The lowest BCUT2D eigenvalue weighted by Gasteiger charge is -2.27. The summed E-state index contributed by atoms with van der Waals surface area (Å²) in [6.45, 7) is 0. The standard InChI is InChI=1S/C18H15F3N2O2/c1-23-12-8-4-3-7-11(12)17(16(23)24)14-10(6-5-9-13(14)25-2)15(22-17)18(19,20)21/h3-9,15,22H,1-2H3. The summed E-state index contributed by atoms with van der Waals surface area (Å²) in [7, 11) is 2.95. The Morgan fingerprint density at radius 2 is 1.88 bits per heavy atom. The molecule has 25 heavy (non-hydrogen) atoms. The fourth-order valence-corrected chi connectivity index (χ4v) is 3.93. The fraction of sp³-hybridized carbons (Fsp3) is 0.278. The van der Waals surface area contributed by atoms with Crippen molar-refractivity contribution in [3.05, 3.63) is 59.2 Å². The van der Waals surface area contributed by atoms with Gasteiger partial charge in [-0.15, -0.1) is 0 Å². The highest BCUT2D eigenvalue weighted by Gasteiger charge is 2.62.